The average Bonchev–Trinajstić information content (AvgIpc) is 2.85. The molecule has 2 rings (SSSR count). The van der Waals surface area contributed by atoms with Gasteiger partial charge in [0.1, 0.15) is 0 Å². The van der Waals surface area contributed by atoms with Crippen molar-refractivity contribution in [2.45, 2.75) is 26.7 Å². The number of methoxy groups -OCH3 is 1. The van der Waals surface area contributed by atoms with E-state index in [9.17, 15) is 4.79 Å². The number of ether oxygens (including phenoxy) is 1. The molecule has 0 aliphatic heterocycles. The van der Waals surface area contributed by atoms with Gasteiger partial charge in [-0.25, -0.2) is 9.78 Å². The summed E-state index contributed by atoms with van der Waals surface area (Å²) < 4.78 is 11.5. The van der Waals surface area contributed by atoms with E-state index in [1.807, 2.05) is 32.0 Å². The second kappa shape index (κ2) is 6.39. The highest BCUT2D eigenvalue weighted by atomic mass is 127. The molecule has 1 aromatic heterocycles. The predicted octanol–water partition coefficient (Wildman–Crippen LogP) is 3.99. The van der Waals surface area contributed by atoms with Gasteiger partial charge in [-0.05, 0) is 47.6 Å². The number of hydrogen-bond acceptors (Lipinski definition) is 4. The SMILES string of the molecule is CCCc1nc(-c2cccc(C)c2I)oc1C(=O)OC. The fourth-order valence-corrected chi connectivity index (χ4v) is 2.53. The fourth-order valence-electron chi connectivity index (χ4n) is 1.94. The first-order valence-corrected chi connectivity index (χ1v) is 7.49. The molecule has 1 heterocycles. The molecule has 0 aliphatic rings. The van der Waals surface area contributed by atoms with Crippen molar-refractivity contribution in [3.8, 4) is 11.5 Å². The molecule has 0 bridgehead atoms. The standard InChI is InChI=1S/C15H16INO3/c1-4-6-11-13(15(18)19-3)20-14(17-11)10-8-5-7-9(2)12(10)16/h5,7-8H,4,6H2,1-3H3. The van der Waals surface area contributed by atoms with Gasteiger partial charge in [-0.2, -0.15) is 0 Å². The van der Waals surface area contributed by atoms with Gasteiger partial charge < -0.3 is 9.15 Å². The molecular formula is C15H16INO3. The van der Waals surface area contributed by atoms with E-state index in [1.54, 1.807) is 0 Å². The molecule has 5 heteroatoms. The molecular weight excluding hydrogens is 369 g/mol. The van der Waals surface area contributed by atoms with Gasteiger partial charge in [0.25, 0.3) is 0 Å². The number of nitrogens with zero attached hydrogens (tertiary/aromatic N) is 1. The van der Waals surface area contributed by atoms with Crippen LogP contribution in [0.25, 0.3) is 11.5 Å². The maximum absolute atomic E-state index is 11.7. The molecule has 106 valence electrons. The number of aryl methyl sites for hydroxylation is 2. The van der Waals surface area contributed by atoms with Crippen LogP contribution < -0.4 is 0 Å². The van der Waals surface area contributed by atoms with Gasteiger partial charge in [0.2, 0.25) is 11.7 Å². The number of hydrogen-bond donors (Lipinski definition) is 0. The Morgan fingerprint density at radius 3 is 2.85 bits per heavy atom. The van der Waals surface area contributed by atoms with Crippen molar-refractivity contribution in [3.63, 3.8) is 0 Å². The van der Waals surface area contributed by atoms with Crippen molar-refractivity contribution < 1.29 is 13.9 Å². The van der Waals surface area contributed by atoms with Crippen LogP contribution in [0, 0.1) is 10.5 Å². The summed E-state index contributed by atoms with van der Waals surface area (Å²) >= 11 is 2.26. The summed E-state index contributed by atoms with van der Waals surface area (Å²) in [7, 11) is 1.34. The normalized spacial score (nSPS) is 10.6. The lowest BCUT2D eigenvalue weighted by Crippen LogP contribution is -2.03. The topological polar surface area (TPSA) is 52.3 Å². The Kier molecular flexibility index (Phi) is 4.80. The third-order valence-electron chi connectivity index (χ3n) is 2.98. The zero-order chi connectivity index (χ0) is 14.7. The number of oxazole rings is 1. The van der Waals surface area contributed by atoms with E-state index in [2.05, 4.69) is 27.6 Å². The molecule has 0 radical (unpaired) electrons. The molecule has 0 saturated heterocycles. The Hall–Kier alpha value is -1.37. The van der Waals surface area contributed by atoms with E-state index in [0.29, 0.717) is 18.0 Å². The van der Waals surface area contributed by atoms with Crippen LogP contribution in [0.2, 0.25) is 0 Å². The maximum Gasteiger partial charge on any atom is 0.376 e. The highest BCUT2D eigenvalue weighted by molar-refractivity contribution is 14.1. The number of benzene rings is 1. The Labute approximate surface area is 131 Å². The zero-order valence-corrected chi connectivity index (χ0v) is 13.9. The van der Waals surface area contributed by atoms with Crippen LogP contribution in [0.15, 0.2) is 22.6 Å². The molecule has 0 unspecified atom stereocenters. The summed E-state index contributed by atoms with van der Waals surface area (Å²) in [5.74, 6) is 0.207. The van der Waals surface area contributed by atoms with Crippen molar-refractivity contribution >= 4 is 28.6 Å². The number of rotatable bonds is 4. The van der Waals surface area contributed by atoms with Gasteiger partial charge >= 0.3 is 5.97 Å². The lowest BCUT2D eigenvalue weighted by atomic mass is 10.1. The molecule has 0 fully saturated rings. The summed E-state index contributed by atoms with van der Waals surface area (Å²) in [5, 5.41) is 0. The van der Waals surface area contributed by atoms with Crippen molar-refractivity contribution in [2.24, 2.45) is 0 Å². The van der Waals surface area contributed by atoms with Crippen molar-refractivity contribution in [1.29, 1.82) is 0 Å². The summed E-state index contributed by atoms with van der Waals surface area (Å²) in [6, 6.07) is 5.92. The number of carbonyl (C=O) groups excluding carboxylic acids is 1. The molecule has 20 heavy (non-hydrogen) atoms. The van der Waals surface area contributed by atoms with Crippen LogP contribution in [0.5, 0.6) is 0 Å². The van der Waals surface area contributed by atoms with E-state index >= 15 is 0 Å². The highest BCUT2D eigenvalue weighted by Gasteiger charge is 2.22. The first-order chi connectivity index (χ1) is 9.58. The minimum absolute atomic E-state index is 0.210. The van der Waals surface area contributed by atoms with Crippen molar-refractivity contribution in [1.82, 2.24) is 4.98 Å². The Balaban J connectivity index is 2.52. The van der Waals surface area contributed by atoms with E-state index in [0.717, 1.165) is 21.1 Å². The smallest absolute Gasteiger partial charge is 0.376 e. The molecule has 4 nitrogen and oxygen atoms in total. The van der Waals surface area contributed by atoms with Gasteiger partial charge in [0.15, 0.2) is 0 Å². The van der Waals surface area contributed by atoms with E-state index < -0.39 is 5.97 Å². The molecule has 1 aromatic carbocycles. The van der Waals surface area contributed by atoms with Gasteiger partial charge in [-0.15, -0.1) is 0 Å². The molecule has 0 atom stereocenters. The molecule has 2 aromatic rings. The first kappa shape index (κ1) is 15.0. The van der Waals surface area contributed by atoms with Gasteiger partial charge in [-0.3, -0.25) is 0 Å². The van der Waals surface area contributed by atoms with Crippen LogP contribution in [0.3, 0.4) is 0 Å². The second-order valence-corrected chi connectivity index (χ2v) is 5.55. The lowest BCUT2D eigenvalue weighted by molar-refractivity contribution is 0.0564. The second-order valence-electron chi connectivity index (χ2n) is 4.47. The fraction of sp³-hybridized carbons (Fsp3) is 0.333. The molecule has 0 saturated carbocycles. The highest BCUT2D eigenvalue weighted by Crippen LogP contribution is 2.29. The summed E-state index contributed by atoms with van der Waals surface area (Å²) in [4.78, 5) is 16.2. The summed E-state index contributed by atoms with van der Waals surface area (Å²) in [6.45, 7) is 4.06. The van der Waals surface area contributed by atoms with Crippen LogP contribution in [0.4, 0.5) is 0 Å². The summed E-state index contributed by atoms with van der Waals surface area (Å²) in [6.07, 6.45) is 1.58. The monoisotopic (exact) mass is 385 g/mol. The molecule has 0 aliphatic carbocycles. The number of esters is 1. The van der Waals surface area contributed by atoms with Crippen LogP contribution >= 0.6 is 22.6 Å². The molecule has 0 N–H and O–H groups in total. The van der Waals surface area contributed by atoms with Gasteiger partial charge in [0.05, 0.1) is 18.4 Å². The zero-order valence-electron chi connectivity index (χ0n) is 11.7. The maximum atomic E-state index is 11.7. The van der Waals surface area contributed by atoms with Crippen molar-refractivity contribution in [3.05, 3.63) is 38.8 Å². The van der Waals surface area contributed by atoms with E-state index in [4.69, 9.17) is 9.15 Å². The number of halogens is 1. The minimum atomic E-state index is -0.477. The van der Waals surface area contributed by atoms with E-state index in [-0.39, 0.29) is 5.76 Å². The molecule has 0 amide bonds. The third-order valence-corrected chi connectivity index (χ3v) is 4.41. The Bertz CT molecular complexity index is 634. The largest absolute Gasteiger partial charge is 0.463 e. The Morgan fingerprint density at radius 2 is 2.20 bits per heavy atom. The summed E-state index contributed by atoms with van der Waals surface area (Å²) in [5.41, 5.74) is 2.71. The van der Waals surface area contributed by atoms with Crippen LogP contribution in [-0.4, -0.2) is 18.1 Å². The first-order valence-electron chi connectivity index (χ1n) is 6.42. The Morgan fingerprint density at radius 1 is 1.45 bits per heavy atom. The molecule has 0 spiro atoms. The van der Waals surface area contributed by atoms with Crippen molar-refractivity contribution in [2.75, 3.05) is 7.11 Å². The minimum Gasteiger partial charge on any atom is -0.463 e. The number of aromatic nitrogens is 1. The average molecular weight is 385 g/mol. The predicted molar refractivity (Wildman–Crippen MR) is 84.7 cm³/mol. The number of carbonyl (C=O) groups is 1. The lowest BCUT2D eigenvalue weighted by Gasteiger charge is -2.02. The quantitative estimate of drug-likeness (QED) is 0.590. The van der Waals surface area contributed by atoms with E-state index in [1.165, 1.54) is 7.11 Å². The van der Waals surface area contributed by atoms with Gasteiger partial charge in [-0.1, -0.05) is 25.5 Å². The third kappa shape index (κ3) is 2.87. The van der Waals surface area contributed by atoms with Crippen LogP contribution in [-0.2, 0) is 11.2 Å². The van der Waals surface area contributed by atoms with Gasteiger partial charge in [0, 0.05) is 3.57 Å². The van der Waals surface area contributed by atoms with Crippen LogP contribution in [0.1, 0.15) is 35.2 Å².